The van der Waals surface area contributed by atoms with E-state index in [0.717, 1.165) is 0 Å². The number of rotatable bonds is 3. The average Bonchev–Trinajstić information content (AvgIpc) is 2.99. The number of carboxylic acids is 1. The van der Waals surface area contributed by atoms with Crippen LogP contribution in [0.15, 0.2) is 22.6 Å². The molecule has 0 saturated carbocycles. The third-order valence-electron chi connectivity index (χ3n) is 3.34. The Labute approximate surface area is 117 Å². The maximum absolute atomic E-state index is 12.3. The molecule has 0 bridgehead atoms. The number of hydrogen-bond donors (Lipinski definition) is 1. The minimum atomic E-state index is -1.06. The summed E-state index contributed by atoms with van der Waals surface area (Å²) in [5.74, 6) is -1.40. The zero-order valence-corrected chi connectivity index (χ0v) is 11.2. The van der Waals surface area contributed by atoms with Crippen LogP contribution < -0.4 is 5.56 Å². The van der Waals surface area contributed by atoms with Gasteiger partial charge in [0.25, 0.3) is 5.56 Å². The number of nitrogens with zero attached hydrogens (tertiary/aromatic N) is 3. The number of likely N-dealkylation sites (tertiary alicyclic amines) is 1. The number of carbonyl (C=O) groups is 2. The second kappa shape index (κ2) is 4.71. The van der Waals surface area contributed by atoms with Crippen molar-refractivity contribution in [1.29, 1.82) is 0 Å². The van der Waals surface area contributed by atoms with E-state index in [0.29, 0.717) is 23.2 Å². The van der Waals surface area contributed by atoms with Crippen LogP contribution in [0, 0.1) is 0 Å². The van der Waals surface area contributed by atoms with Crippen LogP contribution in [0.25, 0.3) is 10.2 Å². The van der Waals surface area contributed by atoms with E-state index >= 15 is 0 Å². The smallest absolute Gasteiger partial charge is 0.323 e. The van der Waals surface area contributed by atoms with E-state index in [1.54, 1.807) is 11.4 Å². The molecule has 1 N–H and O–H groups in total. The molecule has 3 rings (SSSR count). The molecule has 104 valence electrons. The van der Waals surface area contributed by atoms with Crippen molar-refractivity contribution in [3.63, 3.8) is 0 Å². The van der Waals surface area contributed by atoms with Crippen molar-refractivity contribution in [3.05, 3.63) is 28.1 Å². The molecular formula is C12H11N3O4S. The van der Waals surface area contributed by atoms with Gasteiger partial charge in [0.05, 0.1) is 11.7 Å². The van der Waals surface area contributed by atoms with Crippen LogP contribution >= 0.6 is 11.3 Å². The third kappa shape index (κ3) is 1.97. The fourth-order valence-electron chi connectivity index (χ4n) is 2.39. The molecular weight excluding hydrogens is 282 g/mol. The summed E-state index contributed by atoms with van der Waals surface area (Å²) in [7, 11) is 0. The van der Waals surface area contributed by atoms with Gasteiger partial charge in [0, 0.05) is 6.54 Å². The van der Waals surface area contributed by atoms with Crippen molar-refractivity contribution in [2.75, 3.05) is 13.1 Å². The lowest BCUT2D eigenvalue weighted by Crippen LogP contribution is -2.35. The van der Waals surface area contributed by atoms with Crippen molar-refractivity contribution in [2.24, 2.45) is 0 Å². The number of aliphatic carboxylic acids is 1. The van der Waals surface area contributed by atoms with E-state index in [9.17, 15) is 14.4 Å². The van der Waals surface area contributed by atoms with Gasteiger partial charge >= 0.3 is 5.97 Å². The standard InChI is InChI=1S/C12H11N3O4S/c16-9(17)5-14-3-1-8(12(14)19)15-6-13-10-7(11(15)18)2-4-20-10/h2,4,6,8H,1,3,5H2,(H,16,17). The Bertz CT molecular complexity index is 750. The van der Waals surface area contributed by atoms with Crippen LogP contribution in [-0.2, 0) is 9.59 Å². The first kappa shape index (κ1) is 12.8. The Morgan fingerprint density at radius 1 is 1.50 bits per heavy atom. The molecule has 20 heavy (non-hydrogen) atoms. The maximum Gasteiger partial charge on any atom is 0.323 e. The number of amides is 1. The lowest BCUT2D eigenvalue weighted by atomic mass is 10.2. The SMILES string of the molecule is O=C(O)CN1CCC(n2cnc3sccc3c2=O)C1=O. The highest BCUT2D eigenvalue weighted by atomic mass is 32.1. The van der Waals surface area contributed by atoms with Gasteiger partial charge in [-0.05, 0) is 17.9 Å². The Balaban J connectivity index is 1.96. The van der Waals surface area contributed by atoms with Gasteiger partial charge in [-0.1, -0.05) is 0 Å². The molecule has 1 amide bonds. The summed E-state index contributed by atoms with van der Waals surface area (Å²) in [6.07, 6.45) is 1.79. The summed E-state index contributed by atoms with van der Waals surface area (Å²) >= 11 is 1.36. The van der Waals surface area contributed by atoms with Gasteiger partial charge in [-0.2, -0.15) is 0 Å². The normalized spacial score (nSPS) is 18.9. The highest BCUT2D eigenvalue weighted by molar-refractivity contribution is 7.16. The van der Waals surface area contributed by atoms with E-state index in [1.165, 1.54) is 27.1 Å². The van der Waals surface area contributed by atoms with Crippen LogP contribution in [0.1, 0.15) is 12.5 Å². The Morgan fingerprint density at radius 3 is 3.05 bits per heavy atom. The van der Waals surface area contributed by atoms with E-state index in [4.69, 9.17) is 5.11 Å². The second-order valence-corrected chi connectivity index (χ2v) is 5.45. The second-order valence-electron chi connectivity index (χ2n) is 4.55. The Kier molecular flexibility index (Phi) is 3.01. The third-order valence-corrected chi connectivity index (χ3v) is 4.16. The van der Waals surface area contributed by atoms with E-state index in [2.05, 4.69) is 4.98 Å². The van der Waals surface area contributed by atoms with Crippen LogP contribution in [0.5, 0.6) is 0 Å². The molecule has 1 atom stereocenters. The maximum atomic E-state index is 12.3. The number of fused-ring (bicyclic) bond motifs is 1. The van der Waals surface area contributed by atoms with E-state index in [-0.39, 0.29) is 18.0 Å². The molecule has 0 aliphatic carbocycles. The molecule has 0 spiro atoms. The van der Waals surface area contributed by atoms with Gasteiger partial charge < -0.3 is 10.0 Å². The van der Waals surface area contributed by atoms with Gasteiger partial charge in [0.2, 0.25) is 5.91 Å². The molecule has 3 heterocycles. The summed E-state index contributed by atoms with van der Waals surface area (Å²) in [5, 5.41) is 11.0. The number of carboxylic acid groups (broad SMARTS) is 1. The number of carbonyl (C=O) groups excluding carboxylic acids is 1. The molecule has 2 aromatic rings. The fourth-order valence-corrected chi connectivity index (χ4v) is 3.12. The zero-order chi connectivity index (χ0) is 14.3. The monoisotopic (exact) mass is 293 g/mol. The highest BCUT2D eigenvalue weighted by Crippen LogP contribution is 2.22. The minimum absolute atomic E-state index is 0.258. The molecule has 2 aromatic heterocycles. The van der Waals surface area contributed by atoms with Crippen LogP contribution in [0.4, 0.5) is 0 Å². The van der Waals surface area contributed by atoms with Crippen LogP contribution in [0.2, 0.25) is 0 Å². The molecule has 0 aromatic carbocycles. The molecule has 7 nitrogen and oxygen atoms in total. The quantitative estimate of drug-likeness (QED) is 0.879. The molecule has 1 saturated heterocycles. The van der Waals surface area contributed by atoms with Crippen molar-refractivity contribution in [2.45, 2.75) is 12.5 Å². The first-order valence-corrected chi connectivity index (χ1v) is 6.91. The van der Waals surface area contributed by atoms with Crippen LogP contribution in [-0.4, -0.2) is 44.5 Å². The molecule has 0 radical (unpaired) electrons. The molecule has 1 fully saturated rings. The summed E-state index contributed by atoms with van der Waals surface area (Å²) in [4.78, 5) is 41.2. The topological polar surface area (TPSA) is 92.5 Å². The molecule has 1 aliphatic heterocycles. The zero-order valence-electron chi connectivity index (χ0n) is 10.4. The summed E-state index contributed by atoms with van der Waals surface area (Å²) in [6, 6.07) is 1.03. The predicted octanol–water partition coefficient (Wildman–Crippen LogP) is 0.316. The highest BCUT2D eigenvalue weighted by Gasteiger charge is 2.34. The Morgan fingerprint density at radius 2 is 2.30 bits per heavy atom. The largest absolute Gasteiger partial charge is 0.480 e. The fraction of sp³-hybridized carbons (Fsp3) is 0.333. The minimum Gasteiger partial charge on any atom is -0.480 e. The summed E-state index contributed by atoms with van der Waals surface area (Å²) in [5.41, 5.74) is -0.258. The molecule has 1 aliphatic rings. The van der Waals surface area contributed by atoms with E-state index < -0.39 is 12.0 Å². The first-order chi connectivity index (χ1) is 9.58. The first-order valence-electron chi connectivity index (χ1n) is 6.03. The lowest BCUT2D eigenvalue weighted by molar-refractivity contribution is -0.143. The summed E-state index contributed by atoms with van der Waals surface area (Å²) < 4.78 is 1.30. The van der Waals surface area contributed by atoms with Gasteiger partial charge in [0.1, 0.15) is 17.4 Å². The lowest BCUT2D eigenvalue weighted by Gasteiger charge is -2.15. The molecule has 1 unspecified atom stereocenters. The average molecular weight is 293 g/mol. The van der Waals surface area contributed by atoms with Gasteiger partial charge in [-0.15, -0.1) is 11.3 Å². The van der Waals surface area contributed by atoms with Gasteiger partial charge in [-0.25, -0.2) is 4.98 Å². The van der Waals surface area contributed by atoms with Crippen LogP contribution in [0.3, 0.4) is 0 Å². The van der Waals surface area contributed by atoms with Crippen molar-refractivity contribution < 1.29 is 14.7 Å². The van der Waals surface area contributed by atoms with Crippen molar-refractivity contribution in [1.82, 2.24) is 14.5 Å². The van der Waals surface area contributed by atoms with Crippen molar-refractivity contribution in [3.8, 4) is 0 Å². The molecule has 8 heteroatoms. The number of aromatic nitrogens is 2. The number of hydrogen-bond acceptors (Lipinski definition) is 5. The van der Waals surface area contributed by atoms with Gasteiger partial charge in [-0.3, -0.25) is 19.0 Å². The summed E-state index contributed by atoms with van der Waals surface area (Å²) in [6.45, 7) is 0.00210. The van der Waals surface area contributed by atoms with Crippen molar-refractivity contribution >= 4 is 33.4 Å². The van der Waals surface area contributed by atoms with E-state index in [1.807, 2.05) is 0 Å². The Hall–Kier alpha value is -2.22. The number of thiophene rings is 1. The predicted molar refractivity (Wildman–Crippen MR) is 71.7 cm³/mol. The van der Waals surface area contributed by atoms with Gasteiger partial charge in [0.15, 0.2) is 0 Å².